The number of nitrogens with one attached hydrogen (secondary N) is 1. The van der Waals surface area contributed by atoms with Crippen LogP contribution < -0.4 is 5.32 Å². The van der Waals surface area contributed by atoms with E-state index < -0.39 is 11.6 Å². The molecule has 4 heteroatoms. The molecule has 114 valence electrons. The van der Waals surface area contributed by atoms with E-state index in [1.165, 1.54) is 12.1 Å². The molecule has 0 amide bonds. The summed E-state index contributed by atoms with van der Waals surface area (Å²) in [5.41, 5.74) is 0.778. The monoisotopic (exact) mass is 285 g/mol. The first-order valence-corrected chi connectivity index (χ1v) is 7.28. The zero-order valence-electron chi connectivity index (χ0n) is 12.7. The summed E-state index contributed by atoms with van der Waals surface area (Å²) in [6.45, 7) is 9.66. The van der Waals surface area contributed by atoms with Crippen LogP contribution in [0, 0.1) is 17.6 Å². The fourth-order valence-corrected chi connectivity index (χ4v) is 2.45. The lowest BCUT2D eigenvalue weighted by atomic mass is 9.93. The van der Waals surface area contributed by atoms with E-state index in [1.54, 1.807) is 6.07 Å². The number of hydrogen-bond acceptors (Lipinski definition) is 2. The number of likely N-dealkylation sites (N-methyl/N-ethyl adjacent to an activating group) is 1. The van der Waals surface area contributed by atoms with E-state index in [0.717, 1.165) is 12.1 Å². The van der Waals surface area contributed by atoms with E-state index in [-0.39, 0.29) is 12.1 Å². The molecule has 2 nitrogen and oxygen atoms in total. The number of hydrogen-bond donors (Lipinski definition) is 1. The third-order valence-corrected chi connectivity index (χ3v) is 3.32. The first kappa shape index (κ1) is 17.1. The molecule has 0 aromatic heterocycles. The normalized spacial score (nSPS) is 14.6. The zero-order valence-corrected chi connectivity index (χ0v) is 12.7. The lowest BCUT2D eigenvalue weighted by Gasteiger charge is -2.31. The quantitative estimate of drug-likeness (QED) is 0.788. The van der Waals surface area contributed by atoms with E-state index in [1.807, 2.05) is 13.8 Å². The Kier molecular flexibility index (Phi) is 7.10. The summed E-state index contributed by atoms with van der Waals surface area (Å²) in [5, 5.41) is 3.39. The van der Waals surface area contributed by atoms with Crippen LogP contribution >= 0.6 is 0 Å². The summed E-state index contributed by atoms with van der Waals surface area (Å²) in [6, 6.07) is 4.16. The van der Waals surface area contributed by atoms with Crippen molar-refractivity contribution in [2.45, 2.75) is 46.3 Å². The lowest BCUT2D eigenvalue weighted by molar-refractivity contribution is 0.00394. The van der Waals surface area contributed by atoms with Crippen molar-refractivity contribution in [2.75, 3.05) is 13.2 Å². The van der Waals surface area contributed by atoms with Crippen molar-refractivity contribution in [1.82, 2.24) is 5.32 Å². The van der Waals surface area contributed by atoms with Gasteiger partial charge >= 0.3 is 0 Å². The van der Waals surface area contributed by atoms with E-state index in [9.17, 15) is 8.78 Å². The molecule has 0 saturated heterocycles. The number of halogens is 2. The van der Waals surface area contributed by atoms with Crippen LogP contribution in [-0.2, 0) is 11.2 Å². The van der Waals surface area contributed by atoms with Gasteiger partial charge in [-0.1, -0.05) is 26.8 Å². The van der Waals surface area contributed by atoms with Crippen LogP contribution in [0.5, 0.6) is 0 Å². The summed E-state index contributed by atoms with van der Waals surface area (Å²) in [6.07, 6.45) is 0.668. The fraction of sp³-hybridized carbons (Fsp3) is 0.625. The van der Waals surface area contributed by atoms with Gasteiger partial charge in [0, 0.05) is 12.6 Å². The molecule has 1 rings (SSSR count). The molecule has 0 spiro atoms. The van der Waals surface area contributed by atoms with Crippen LogP contribution in [0.2, 0.25) is 0 Å². The first-order chi connectivity index (χ1) is 9.49. The Morgan fingerprint density at radius 3 is 2.35 bits per heavy atom. The molecule has 0 aliphatic rings. The molecule has 0 radical (unpaired) electrons. The number of benzene rings is 1. The Hall–Kier alpha value is -1.00. The largest absolute Gasteiger partial charge is 0.377 e. The Bertz CT molecular complexity index is 409. The van der Waals surface area contributed by atoms with Crippen molar-refractivity contribution in [3.05, 3.63) is 35.4 Å². The van der Waals surface area contributed by atoms with Gasteiger partial charge in [-0.25, -0.2) is 8.78 Å². The van der Waals surface area contributed by atoms with Crippen LogP contribution in [-0.4, -0.2) is 25.3 Å². The van der Waals surface area contributed by atoms with E-state index >= 15 is 0 Å². The highest BCUT2D eigenvalue weighted by molar-refractivity contribution is 5.19. The first-order valence-electron chi connectivity index (χ1n) is 7.28. The van der Waals surface area contributed by atoms with Gasteiger partial charge in [0.25, 0.3) is 0 Å². The second kappa shape index (κ2) is 8.32. The second-order valence-electron chi connectivity index (χ2n) is 5.28. The summed E-state index contributed by atoms with van der Waals surface area (Å²) in [5.74, 6) is -1.25. The van der Waals surface area contributed by atoms with Gasteiger partial charge in [-0.05, 0) is 43.5 Å². The molecule has 2 unspecified atom stereocenters. The predicted octanol–water partition coefficient (Wildman–Crippen LogP) is 3.55. The van der Waals surface area contributed by atoms with Crippen molar-refractivity contribution in [3.63, 3.8) is 0 Å². The number of ether oxygens (including phenoxy) is 1. The molecule has 0 bridgehead atoms. The van der Waals surface area contributed by atoms with Gasteiger partial charge in [0.2, 0.25) is 0 Å². The molecule has 0 heterocycles. The minimum atomic E-state index is -0.807. The average Bonchev–Trinajstić information content (AvgIpc) is 2.39. The third kappa shape index (κ3) is 4.84. The smallest absolute Gasteiger partial charge is 0.159 e. The van der Waals surface area contributed by atoms with Gasteiger partial charge in [0.05, 0.1) is 6.10 Å². The van der Waals surface area contributed by atoms with Crippen LogP contribution in [0.25, 0.3) is 0 Å². The summed E-state index contributed by atoms with van der Waals surface area (Å²) >= 11 is 0. The molecular weight excluding hydrogens is 260 g/mol. The summed E-state index contributed by atoms with van der Waals surface area (Å²) in [7, 11) is 0. The van der Waals surface area contributed by atoms with E-state index in [0.29, 0.717) is 18.9 Å². The molecule has 0 aliphatic heterocycles. The fourth-order valence-electron chi connectivity index (χ4n) is 2.45. The van der Waals surface area contributed by atoms with Crippen LogP contribution in [0.3, 0.4) is 0 Å². The molecule has 20 heavy (non-hydrogen) atoms. The molecule has 1 aromatic rings. The van der Waals surface area contributed by atoms with E-state index in [2.05, 4.69) is 19.2 Å². The molecule has 1 aromatic carbocycles. The maximum absolute atomic E-state index is 13.3. The Labute approximate surface area is 120 Å². The van der Waals surface area contributed by atoms with Crippen molar-refractivity contribution in [2.24, 2.45) is 5.92 Å². The highest BCUT2D eigenvalue weighted by atomic mass is 19.2. The molecule has 0 aliphatic carbocycles. The Balaban J connectivity index is 2.86. The van der Waals surface area contributed by atoms with Gasteiger partial charge in [-0.3, -0.25) is 0 Å². The highest BCUT2D eigenvalue weighted by Crippen LogP contribution is 2.17. The SMILES string of the molecule is CCNC(Cc1ccc(F)c(F)c1)C(OCC)C(C)C. The summed E-state index contributed by atoms with van der Waals surface area (Å²) < 4.78 is 32.1. The Morgan fingerprint density at radius 1 is 1.15 bits per heavy atom. The second-order valence-corrected chi connectivity index (χ2v) is 5.28. The molecular formula is C16H25F2NO. The van der Waals surface area contributed by atoms with Crippen molar-refractivity contribution in [1.29, 1.82) is 0 Å². The topological polar surface area (TPSA) is 21.3 Å². The highest BCUT2D eigenvalue weighted by Gasteiger charge is 2.24. The summed E-state index contributed by atoms with van der Waals surface area (Å²) in [4.78, 5) is 0. The predicted molar refractivity (Wildman–Crippen MR) is 77.8 cm³/mol. The van der Waals surface area contributed by atoms with Gasteiger partial charge in [0.15, 0.2) is 11.6 Å². The third-order valence-electron chi connectivity index (χ3n) is 3.32. The minimum absolute atomic E-state index is 0.0491. The van der Waals surface area contributed by atoms with Gasteiger partial charge in [-0.15, -0.1) is 0 Å². The molecule has 0 fully saturated rings. The minimum Gasteiger partial charge on any atom is -0.377 e. The molecule has 1 N–H and O–H groups in total. The van der Waals surface area contributed by atoms with Crippen molar-refractivity contribution >= 4 is 0 Å². The van der Waals surface area contributed by atoms with Gasteiger partial charge in [0.1, 0.15) is 0 Å². The van der Waals surface area contributed by atoms with Crippen LogP contribution in [0.4, 0.5) is 8.78 Å². The van der Waals surface area contributed by atoms with Crippen LogP contribution in [0.1, 0.15) is 33.3 Å². The molecule has 2 atom stereocenters. The van der Waals surface area contributed by atoms with Crippen molar-refractivity contribution < 1.29 is 13.5 Å². The maximum atomic E-state index is 13.3. The van der Waals surface area contributed by atoms with Crippen molar-refractivity contribution in [3.8, 4) is 0 Å². The van der Waals surface area contributed by atoms with Gasteiger partial charge in [-0.2, -0.15) is 0 Å². The van der Waals surface area contributed by atoms with E-state index in [4.69, 9.17) is 4.74 Å². The van der Waals surface area contributed by atoms with Gasteiger partial charge < -0.3 is 10.1 Å². The number of rotatable bonds is 8. The standard InChI is InChI=1S/C16H25F2NO/c1-5-19-15(16(11(3)4)20-6-2)10-12-7-8-13(17)14(18)9-12/h7-9,11,15-16,19H,5-6,10H2,1-4H3. The Morgan fingerprint density at radius 2 is 1.85 bits per heavy atom. The average molecular weight is 285 g/mol. The zero-order chi connectivity index (χ0) is 15.1. The lowest BCUT2D eigenvalue weighted by Crippen LogP contribution is -2.45. The molecule has 0 saturated carbocycles. The van der Waals surface area contributed by atoms with Crippen LogP contribution in [0.15, 0.2) is 18.2 Å². The maximum Gasteiger partial charge on any atom is 0.159 e.